The van der Waals surface area contributed by atoms with Crippen molar-refractivity contribution < 1.29 is 4.74 Å². The van der Waals surface area contributed by atoms with Crippen LogP contribution < -0.4 is 5.73 Å². The van der Waals surface area contributed by atoms with Gasteiger partial charge in [0.2, 0.25) is 0 Å². The van der Waals surface area contributed by atoms with Gasteiger partial charge in [-0.2, -0.15) is 5.10 Å². The summed E-state index contributed by atoms with van der Waals surface area (Å²) in [6.45, 7) is 11.0. The molecule has 144 valence electrons. The van der Waals surface area contributed by atoms with Crippen molar-refractivity contribution in [1.29, 1.82) is 0 Å². The van der Waals surface area contributed by atoms with Gasteiger partial charge in [-0.25, -0.2) is 4.68 Å². The average molecular weight is 383 g/mol. The molecule has 0 amide bonds. The standard InChI is InChI=1S/C21H30N4OSi/c1-16-11-17(19(13-22)20-7-5-6-8-23-20)12-18-14-25(24-21(16)18)15-26-9-10-27(2,3)4/h5-8,11-12,14,19H,9-10,13,15,22H2,1-4H3. The molecule has 1 atom stereocenters. The van der Waals surface area contributed by atoms with E-state index in [0.29, 0.717) is 13.3 Å². The second kappa shape index (κ2) is 8.33. The van der Waals surface area contributed by atoms with E-state index in [9.17, 15) is 0 Å². The molecule has 0 spiro atoms. The Hall–Kier alpha value is -2.02. The fraction of sp³-hybridized carbons (Fsp3) is 0.429. The third kappa shape index (κ3) is 5.03. The predicted octanol–water partition coefficient (Wildman–Crippen LogP) is 4.14. The van der Waals surface area contributed by atoms with Gasteiger partial charge >= 0.3 is 0 Å². The average Bonchev–Trinajstić information content (AvgIpc) is 3.03. The zero-order chi connectivity index (χ0) is 19.4. The first-order chi connectivity index (χ1) is 12.9. The molecule has 3 rings (SSSR count). The van der Waals surface area contributed by atoms with Gasteiger partial charge in [0.25, 0.3) is 0 Å². The summed E-state index contributed by atoms with van der Waals surface area (Å²) in [4.78, 5) is 4.49. The molecule has 0 radical (unpaired) electrons. The number of nitrogens with two attached hydrogens (primary N) is 1. The van der Waals surface area contributed by atoms with Crippen LogP contribution in [0.15, 0.2) is 42.7 Å². The van der Waals surface area contributed by atoms with Gasteiger partial charge in [-0.05, 0) is 42.3 Å². The Morgan fingerprint density at radius 1 is 1.22 bits per heavy atom. The molecule has 0 aliphatic carbocycles. The summed E-state index contributed by atoms with van der Waals surface area (Å²) in [7, 11) is -1.07. The van der Waals surface area contributed by atoms with E-state index in [1.807, 2.05) is 29.1 Å². The number of rotatable bonds is 8. The highest BCUT2D eigenvalue weighted by Crippen LogP contribution is 2.27. The summed E-state index contributed by atoms with van der Waals surface area (Å²) in [5.41, 5.74) is 10.4. The van der Waals surface area contributed by atoms with Crippen molar-refractivity contribution in [2.24, 2.45) is 5.73 Å². The molecule has 0 saturated heterocycles. The van der Waals surface area contributed by atoms with Gasteiger partial charge in [0.1, 0.15) is 6.73 Å². The minimum absolute atomic E-state index is 0.0886. The maximum Gasteiger partial charge on any atom is 0.139 e. The lowest BCUT2D eigenvalue weighted by molar-refractivity contribution is 0.0791. The van der Waals surface area contributed by atoms with Crippen molar-refractivity contribution in [1.82, 2.24) is 14.8 Å². The highest BCUT2D eigenvalue weighted by molar-refractivity contribution is 6.76. The molecule has 6 heteroatoms. The van der Waals surface area contributed by atoms with E-state index >= 15 is 0 Å². The Labute approximate surface area is 162 Å². The van der Waals surface area contributed by atoms with Gasteiger partial charge < -0.3 is 10.5 Å². The van der Waals surface area contributed by atoms with Gasteiger partial charge in [-0.3, -0.25) is 4.98 Å². The molecule has 1 aromatic carbocycles. The first-order valence-corrected chi connectivity index (χ1v) is 13.2. The van der Waals surface area contributed by atoms with Crippen molar-refractivity contribution in [3.05, 3.63) is 59.5 Å². The van der Waals surface area contributed by atoms with Crippen molar-refractivity contribution in [3.8, 4) is 0 Å². The number of aromatic nitrogens is 3. The number of aryl methyl sites for hydroxylation is 1. The van der Waals surface area contributed by atoms with Gasteiger partial charge in [0.05, 0.1) is 5.52 Å². The van der Waals surface area contributed by atoms with Crippen LogP contribution in [-0.2, 0) is 11.5 Å². The molecule has 3 aromatic rings. The second-order valence-corrected chi connectivity index (χ2v) is 14.0. The van der Waals surface area contributed by atoms with Gasteiger partial charge in [-0.15, -0.1) is 0 Å². The number of fused-ring (bicyclic) bond motifs is 1. The van der Waals surface area contributed by atoms with Gasteiger partial charge in [-0.1, -0.05) is 31.8 Å². The summed E-state index contributed by atoms with van der Waals surface area (Å²) in [5.74, 6) is 0.0886. The quantitative estimate of drug-likeness (QED) is 0.470. The second-order valence-electron chi connectivity index (χ2n) is 8.34. The highest BCUT2D eigenvalue weighted by Gasteiger charge is 2.16. The Bertz CT molecular complexity index is 886. The lowest BCUT2D eigenvalue weighted by atomic mass is 9.93. The van der Waals surface area contributed by atoms with Crippen LogP contribution in [-0.4, -0.2) is 36.0 Å². The summed E-state index contributed by atoms with van der Waals surface area (Å²) in [5, 5.41) is 5.82. The van der Waals surface area contributed by atoms with Crippen LogP contribution in [0.2, 0.25) is 25.7 Å². The molecule has 2 aromatic heterocycles. The van der Waals surface area contributed by atoms with Gasteiger partial charge in [0, 0.05) is 50.6 Å². The summed E-state index contributed by atoms with van der Waals surface area (Å²) in [6.07, 6.45) is 3.88. The van der Waals surface area contributed by atoms with Crippen molar-refractivity contribution in [2.75, 3.05) is 13.2 Å². The Morgan fingerprint density at radius 3 is 2.70 bits per heavy atom. The minimum Gasteiger partial charge on any atom is -0.360 e. The molecule has 2 heterocycles. The lowest BCUT2D eigenvalue weighted by Gasteiger charge is -2.15. The van der Waals surface area contributed by atoms with Crippen LogP contribution in [0.25, 0.3) is 10.9 Å². The van der Waals surface area contributed by atoms with Gasteiger partial charge in [0.15, 0.2) is 0 Å². The number of nitrogens with zero attached hydrogens (tertiary/aromatic N) is 3. The predicted molar refractivity (Wildman–Crippen MR) is 114 cm³/mol. The zero-order valence-electron chi connectivity index (χ0n) is 16.8. The van der Waals surface area contributed by atoms with Crippen LogP contribution >= 0.6 is 0 Å². The lowest BCUT2D eigenvalue weighted by Crippen LogP contribution is -2.22. The van der Waals surface area contributed by atoms with Crippen LogP contribution in [0.5, 0.6) is 0 Å². The molecular weight excluding hydrogens is 352 g/mol. The highest BCUT2D eigenvalue weighted by atomic mass is 28.3. The van der Waals surface area contributed by atoms with E-state index in [1.54, 1.807) is 0 Å². The Morgan fingerprint density at radius 2 is 2.04 bits per heavy atom. The Balaban J connectivity index is 1.80. The number of pyridine rings is 1. The summed E-state index contributed by atoms with van der Waals surface area (Å²) in [6, 6.07) is 11.5. The topological polar surface area (TPSA) is 66.0 Å². The molecule has 5 nitrogen and oxygen atoms in total. The number of ether oxygens (including phenoxy) is 1. The third-order valence-electron chi connectivity index (χ3n) is 4.77. The SMILES string of the molecule is Cc1cc(C(CN)c2ccccn2)cc2cn(COCC[Si](C)(C)C)nc12. The van der Waals surface area contributed by atoms with Crippen molar-refractivity contribution >= 4 is 19.0 Å². The number of hydrogen-bond acceptors (Lipinski definition) is 4. The van der Waals surface area contributed by atoms with E-state index in [4.69, 9.17) is 15.6 Å². The van der Waals surface area contributed by atoms with Crippen molar-refractivity contribution in [3.63, 3.8) is 0 Å². The summed E-state index contributed by atoms with van der Waals surface area (Å²) >= 11 is 0. The molecule has 0 aliphatic heterocycles. The molecule has 0 saturated carbocycles. The third-order valence-corrected chi connectivity index (χ3v) is 6.48. The summed E-state index contributed by atoms with van der Waals surface area (Å²) < 4.78 is 7.73. The molecule has 2 N–H and O–H groups in total. The van der Waals surface area contributed by atoms with E-state index < -0.39 is 8.07 Å². The molecule has 0 bridgehead atoms. The fourth-order valence-electron chi connectivity index (χ4n) is 3.20. The van der Waals surface area contributed by atoms with E-state index in [2.05, 4.69) is 49.9 Å². The number of benzene rings is 1. The van der Waals surface area contributed by atoms with Crippen LogP contribution in [0.3, 0.4) is 0 Å². The maximum absolute atomic E-state index is 6.07. The van der Waals surface area contributed by atoms with E-state index in [0.717, 1.165) is 28.8 Å². The zero-order valence-corrected chi connectivity index (χ0v) is 17.8. The van der Waals surface area contributed by atoms with E-state index in [-0.39, 0.29) is 5.92 Å². The van der Waals surface area contributed by atoms with Crippen molar-refractivity contribution in [2.45, 2.75) is 45.3 Å². The Kier molecular flexibility index (Phi) is 6.09. The fourth-order valence-corrected chi connectivity index (χ4v) is 3.96. The molecular formula is C21H30N4OSi. The maximum atomic E-state index is 6.07. The normalized spacial score (nSPS) is 13.2. The molecule has 0 fully saturated rings. The van der Waals surface area contributed by atoms with E-state index in [1.165, 1.54) is 11.6 Å². The molecule has 1 unspecified atom stereocenters. The smallest absolute Gasteiger partial charge is 0.139 e. The van der Waals surface area contributed by atoms with Crippen LogP contribution in [0.4, 0.5) is 0 Å². The first kappa shape index (κ1) is 19.7. The largest absolute Gasteiger partial charge is 0.360 e. The monoisotopic (exact) mass is 382 g/mol. The van der Waals surface area contributed by atoms with Crippen LogP contribution in [0, 0.1) is 6.92 Å². The molecule has 0 aliphatic rings. The minimum atomic E-state index is -1.07. The molecule has 27 heavy (non-hydrogen) atoms. The van der Waals surface area contributed by atoms with Crippen LogP contribution in [0.1, 0.15) is 22.7 Å². The number of hydrogen-bond donors (Lipinski definition) is 1. The first-order valence-electron chi connectivity index (χ1n) is 9.54.